The number of nitrogens with one attached hydrogen (secondary N) is 2. The molecule has 10 heteroatoms. The third-order valence-electron chi connectivity index (χ3n) is 5.01. The summed E-state index contributed by atoms with van der Waals surface area (Å²) in [6.45, 7) is 2.07. The zero-order chi connectivity index (χ0) is 24.9. The van der Waals surface area contributed by atoms with Crippen LogP contribution in [0.4, 0.5) is 5.82 Å². The average molecular weight is 509 g/mol. The molecule has 0 radical (unpaired) electrons. The van der Waals surface area contributed by atoms with E-state index in [2.05, 4.69) is 20.7 Å². The van der Waals surface area contributed by atoms with Crippen LogP contribution in [0, 0.1) is 0 Å². The first kappa shape index (κ1) is 24.4. The molecule has 35 heavy (non-hydrogen) atoms. The van der Waals surface area contributed by atoms with E-state index in [1.807, 2.05) is 24.3 Å². The first-order valence-electron chi connectivity index (χ1n) is 10.7. The van der Waals surface area contributed by atoms with Gasteiger partial charge in [0.05, 0.1) is 27.0 Å². The van der Waals surface area contributed by atoms with Crippen LogP contribution in [0.1, 0.15) is 27.8 Å². The Morgan fingerprint density at radius 2 is 1.74 bits per heavy atom. The van der Waals surface area contributed by atoms with E-state index >= 15 is 0 Å². The van der Waals surface area contributed by atoms with Crippen LogP contribution in [0.2, 0.25) is 10.0 Å². The number of nitrogens with two attached hydrogens (primary N) is 1. The molecule has 8 nitrogen and oxygen atoms in total. The Balaban J connectivity index is 1.69. The number of pyridine rings is 1. The number of carbonyl (C=O) groups excluding carboxylic acids is 2. The van der Waals surface area contributed by atoms with Crippen LogP contribution in [-0.2, 0) is 0 Å². The van der Waals surface area contributed by atoms with Gasteiger partial charge in [0.15, 0.2) is 5.69 Å². The minimum absolute atomic E-state index is 0.126. The molecule has 2 amide bonds. The molecule has 1 atom stereocenters. The maximum absolute atomic E-state index is 13.3. The van der Waals surface area contributed by atoms with E-state index < -0.39 is 11.8 Å². The third-order valence-corrected chi connectivity index (χ3v) is 5.64. The summed E-state index contributed by atoms with van der Waals surface area (Å²) in [5, 5.41) is 10.5. The number of benzene rings is 2. The van der Waals surface area contributed by atoms with Crippen molar-refractivity contribution >= 4 is 40.8 Å². The molecule has 178 valence electrons. The Labute approximate surface area is 212 Å². The second kappa shape index (κ2) is 10.7. The number of rotatable bonds is 7. The average Bonchev–Trinajstić information content (AvgIpc) is 3.27. The molecule has 0 unspecified atom stereocenters. The van der Waals surface area contributed by atoms with E-state index in [0.717, 1.165) is 0 Å². The van der Waals surface area contributed by atoms with Crippen molar-refractivity contribution in [2.75, 3.05) is 11.9 Å². The number of halogens is 2. The van der Waals surface area contributed by atoms with Crippen molar-refractivity contribution in [3.05, 3.63) is 94.2 Å². The third kappa shape index (κ3) is 5.68. The number of hydrogen-bond donors (Lipinski definition) is 3. The van der Waals surface area contributed by atoms with Crippen LogP contribution in [-0.4, -0.2) is 39.2 Å². The molecule has 4 N–H and O–H groups in total. The van der Waals surface area contributed by atoms with Gasteiger partial charge in [-0.3, -0.25) is 14.6 Å². The van der Waals surface area contributed by atoms with Gasteiger partial charge >= 0.3 is 0 Å². The van der Waals surface area contributed by atoms with E-state index in [-0.39, 0.29) is 34.7 Å². The first-order valence-corrected chi connectivity index (χ1v) is 11.5. The number of aromatic nitrogens is 3. The standard InChI is InChI=1S/C25H22Cl2N6O2/c1-15(28)14-30-25(35)22-13-23(33(32-22)16-7-3-2-4-8-16)31-24(34)18-11-17(19(26)12-20(18)27)21-9-5-6-10-29-21/h2-13,15H,14,28H2,1H3,(H,30,35)(H,31,34)/t15-/m1/s1. The summed E-state index contributed by atoms with van der Waals surface area (Å²) in [6, 6.07) is 18.9. The summed E-state index contributed by atoms with van der Waals surface area (Å²) in [5.41, 5.74) is 7.88. The summed E-state index contributed by atoms with van der Waals surface area (Å²) >= 11 is 12.7. The summed E-state index contributed by atoms with van der Waals surface area (Å²) in [5.74, 6) is -0.615. The molecule has 2 aromatic heterocycles. The van der Waals surface area contributed by atoms with Gasteiger partial charge in [-0.1, -0.05) is 47.5 Å². The minimum Gasteiger partial charge on any atom is -0.349 e. The Morgan fingerprint density at radius 3 is 2.43 bits per heavy atom. The Morgan fingerprint density at radius 1 is 1.00 bits per heavy atom. The van der Waals surface area contributed by atoms with Gasteiger partial charge in [0.1, 0.15) is 5.82 Å². The Hall–Kier alpha value is -3.72. The SMILES string of the molecule is C[C@@H](N)CNC(=O)c1cc(NC(=O)c2cc(-c3ccccn3)c(Cl)cc2Cl)n(-c2ccccc2)n1. The number of carbonyl (C=O) groups is 2. The van der Waals surface area contributed by atoms with Gasteiger partial charge in [-0.2, -0.15) is 5.10 Å². The van der Waals surface area contributed by atoms with Gasteiger partial charge in [0, 0.05) is 30.4 Å². The smallest absolute Gasteiger partial charge is 0.271 e. The van der Waals surface area contributed by atoms with E-state index in [9.17, 15) is 9.59 Å². The monoisotopic (exact) mass is 508 g/mol. The van der Waals surface area contributed by atoms with Crippen molar-refractivity contribution in [1.82, 2.24) is 20.1 Å². The molecule has 2 heterocycles. The molecular weight excluding hydrogens is 487 g/mol. The number of nitrogens with zero attached hydrogens (tertiary/aromatic N) is 3. The highest BCUT2D eigenvalue weighted by Gasteiger charge is 2.20. The van der Waals surface area contributed by atoms with Crippen molar-refractivity contribution in [2.45, 2.75) is 13.0 Å². The van der Waals surface area contributed by atoms with Crippen molar-refractivity contribution in [1.29, 1.82) is 0 Å². The van der Waals surface area contributed by atoms with Crippen molar-refractivity contribution in [3.8, 4) is 16.9 Å². The van der Waals surface area contributed by atoms with E-state index in [1.165, 1.54) is 16.8 Å². The molecule has 0 saturated carbocycles. The lowest BCUT2D eigenvalue weighted by Crippen LogP contribution is -2.35. The molecule has 0 bridgehead atoms. The first-order chi connectivity index (χ1) is 16.8. The molecule has 4 aromatic rings. The lowest BCUT2D eigenvalue weighted by Gasteiger charge is -2.12. The van der Waals surface area contributed by atoms with Crippen molar-refractivity contribution < 1.29 is 9.59 Å². The van der Waals surface area contributed by atoms with Gasteiger partial charge in [-0.05, 0) is 43.3 Å². The van der Waals surface area contributed by atoms with Crippen molar-refractivity contribution in [3.63, 3.8) is 0 Å². The predicted octanol–water partition coefficient (Wildman–Crippen LogP) is 4.57. The fourth-order valence-corrected chi connectivity index (χ4v) is 3.88. The lowest BCUT2D eigenvalue weighted by atomic mass is 10.1. The predicted molar refractivity (Wildman–Crippen MR) is 137 cm³/mol. The minimum atomic E-state index is -0.497. The summed E-state index contributed by atoms with van der Waals surface area (Å²) in [4.78, 5) is 30.2. The zero-order valence-electron chi connectivity index (χ0n) is 18.7. The molecule has 0 aliphatic rings. The molecule has 0 aliphatic heterocycles. The maximum Gasteiger partial charge on any atom is 0.271 e. The van der Waals surface area contributed by atoms with Crippen LogP contribution in [0.25, 0.3) is 16.9 Å². The Bertz CT molecular complexity index is 1360. The second-order valence-electron chi connectivity index (χ2n) is 7.83. The Kier molecular flexibility index (Phi) is 7.45. The highest BCUT2D eigenvalue weighted by molar-refractivity contribution is 6.38. The molecule has 0 saturated heterocycles. The zero-order valence-corrected chi connectivity index (χ0v) is 20.2. The largest absolute Gasteiger partial charge is 0.349 e. The second-order valence-corrected chi connectivity index (χ2v) is 8.64. The molecular formula is C25H22Cl2N6O2. The maximum atomic E-state index is 13.3. The van der Waals surface area contributed by atoms with Crippen LogP contribution in [0.5, 0.6) is 0 Å². The van der Waals surface area contributed by atoms with Crippen LogP contribution < -0.4 is 16.4 Å². The van der Waals surface area contributed by atoms with Crippen LogP contribution >= 0.6 is 23.2 Å². The molecule has 0 spiro atoms. The highest BCUT2D eigenvalue weighted by Crippen LogP contribution is 2.32. The summed E-state index contributed by atoms with van der Waals surface area (Å²) < 4.78 is 1.47. The molecule has 0 aliphatic carbocycles. The summed E-state index contributed by atoms with van der Waals surface area (Å²) in [7, 11) is 0. The van der Waals surface area contributed by atoms with Gasteiger partial charge in [0.2, 0.25) is 0 Å². The topological polar surface area (TPSA) is 115 Å². The fourth-order valence-electron chi connectivity index (χ4n) is 3.32. The van der Waals surface area contributed by atoms with E-state index in [0.29, 0.717) is 22.0 Å². The number of amides is 2. The van der Waals surface area contributed by atoms with Gasteiger partial charge < -0.3 is 16.4 Å². The lowest BCUT2D eigenvalue weighted by molar-refractivity contribution is 0.0945. The molecule has 4 rings (SSSR count). The number of anilines is 1. The highest BCUT2D eigenvalue weighted by atomic mass is 35.5. The fraction of sp³-hybridized carbons (Fsp3) is 0.120. The van der Waals surface area contributed by atoms with Crippen LogP contribution in [0.3, 0.4) is 0 Å². The number of para-hydroxylation sites is 1. The normalized spacial score (nSPS) is 11.7. The van der Waals surface area contributed by atoms with Gasteiger partial charge in [-0.15, -0.1) is 0 Å². The van der Waals surface area contributed by atoms with Crippen molar-refractivity contribution in [2.24, 2.45) is 5.73 Å². The summed E-state index contributed by atoms with van der Waals surface area (Å²) in [6.07, 6.45) is 1.64. The quantitative estimate of drug-likeness (QED) is 0.338. The van der Waals surface area contributed by atoms with Gasteiger partial charge in [0.25, 0.3) is 11.8 Å². The number of hydrogen-bond acceptors (Lipinski definition) is 5. The molecule has 2 aromatic carbocycles. The van der Waals surface area contributed by atoms with E-state index in [1.54, 1.807) is 43.5 Å². The van der Waals surface area contributed by atoms with Gasteiger partial charge in [-0.25, -0.2) is 4.68 Å². The molecule has 0 fully saturated rings. The van der Waals surface area contributed by atoms with E-state index in [4.69, 9.17) is 28.9 Å². The van der Waals surface area contributed by atoms with Crippen LogP contribution in [0.15, 0.2) is 72.9 Å².